The minimum Gasteiger partial charge on any atom is -0.449 e. The van der Waals surface area contributed by atoms with E-state index >= 15 is 0 Å². The van der Waals surface area contributed by atoms with Crippen LogP contribution in [0.5, 0.6) is 5.75 Å². The number of rotatable bonds is 9. The molecule has 0 aliphatic heterocycles. The van der Waals surface area contributed by atoms with Crippen molar-refractivity contribution in [2.45, 2.75) is 39.8 Å². The summed E-state index contributed by atoms with van der Waals surface area (Å²) in [5.74, 6) is 0.887. The number of carbonyl (C=O) groups excluding carboxylic acids is 1. The second-order valence-electron chi connectivity index (χ2n) is 9.48. The highest BCUT2D eigenvalue weighted by atomic mass is 16.7. The molecule has 5 rings (SSSR count). The number of hydrogen-bond acceptors (Lipinski definition) is 5. The first-order chi connectivity index (χ1) is 18.8. The van der Waals surface area contributed by atoms with E-state index in [4.69, 9.17) is 20.6 Å². The van der Waals surface area contributed by atoms with Crippen LogP contribution in [0.3, 0.4) is 0 Å². The molecule has 0 saturated heterocycles. The number of nitrogens with zero attached hydrogens (tertiary/aromatic N) is 4. The normalized spacial score (nSPS) is 11.1. The van der Waals surface area contributed by atoms with Crippen molar-refractivity contribution in [3.8, 4) is 28.1 Å². The van der Waals surface area contributed by atoms with Gasteiger partial charge in [0.1, 0.15) is 18.1 Å². The van der Waals surface area contributed by atoms with Crippen molar-refractivity contribution in [1.29, 1.82) is 0 Å². The molecular formula is C30H29N5O4. The van der Waals surface area contributed by atoms with Gasteiger partial charge in [-0.25, -0.2) is 14.8 Å². The maximum Gasteiger partial charge on any atom is 0.511 e. The predicted molar refractivity (Wildman–Crippen MR) is 149 cm³/mol. The molecule has 0 aliphatic rings. The molecule has 0 aliphatic carbocycles. The Labute approximate surface area is 225 Å². The molecule has 0 bridgehead atoms. The molecule has 0 atom stereocenters. The molecule has 198 valence electrons. The summed E-state index contributed by atoms with van der Waals surface area (Å²) in [6, 6.07) is 19.3. The lowest BCUT2D eigenvalue weighted by molar-refractivity contribution is -0.118. The van der Waals surface area contributed by atoms with Crippen LogP contribution in [0.1, 0.15) is 30.3 Å². The molecule has 0 saturated carbocycles. The summed E-state index contributed by atoms with van der Waals surface area (Å²) in [6.45, 7) is 4.89. The number of nitrogens with two attached hydrogens (primary N) is 1. The van der Waals surface area contributed by atoms with Crippen molar-refractivity contribution in [2.75, 3.05) is 0 Å². The molecule has 3 N–H and O–H groups in total. The van der Waals surface area contributed by atoms with E-state index in [0.717, 1.165) is 57.6 Å². The zero-order valence-corrected chi connectivity index (χ0v) is 21.8. The summed E-state index contributed by atoms with van der Waals surface area (Å²) in [5.41, 5.74) is 12.7. The fourth-order valence-electron chi connectivity index (χ4n) is 4.82. The maximum atomic E-state index is 11.3. The second-order valence-corrected chi connectivity index (χ2v) is 9.48. The molecule has 0 unspecified atom stereocenters. The lowest BCUT2D eigenvalue weighted by Gasteiger charge is -2.12. The number of imidazole rings is 2. The van der Waals surface area contributed by atoms with Gasteiger partial charge in [-0.3, -0.25) is 4.79 Å². The Morgan fingerprint density at radius 1 is 1.05 bits per heavy atom. The highest BCUT2D eigenvalue weighted by Gasteiger charge is 2.16. The molecule has 2 heterocycles. The van der Waals surface area contributed by atoms with E-state index in [1.807, 2.05) is 49.5 Å². The number of ether oxygens (including phenoxy) is 1. The first kappa shape index (κ1) is 25.7. The Kier molecular flexibility index (Phi) is 7.14. The largest absolute Gasteiger partial charge is 0.511 e. The average Bonchev–Trinajstić information content (AvgIpc) is 3.50. The molecule has 9 heteroatoms. The third kappa shape index (κ3) is 5.52. The van der Waals surface area contributed by atoms with Gasteiger partial charge in [0.25, 0.3) is 0 Å². The van der Waals surface area contributed by atoms with Gasteiger partial charge in [0.05, 0.1) is 23.1 Å². The summed E-state index contributed by atoms with van der Waals surface area (Å²) in [6.07, 6.45) is 3.90. The minimum atomic E-state index is -1.34. The number of amides is 1. The number of aromatic nitrogens is 4. The Hall–Kier alpha value is -4.92. The Balaban J connectivity index is 1.50. The number of para-hydroxylation sites is 1. The highest BCUT2D eigenvalue weighted by molar-refractivity contribution is 5.85. The minimum absolute atomic E-state index is 0.0791. The molecule has 5 aromatic rings. The predicted octanol–water partition coefficient (Wildman–Crippen LogP) is 5.42. The van der Waals surface area contributed by atoms with Crippen LogP contribution in [0.15, 0.2) is 73.2 Å². The molecule has 39 heavy (non-hydrogen) atoms. The van der Waals surface area contributed by atoms with Gasteiger partial charge in [0.15, 0.2) is 0 Å². The monoisotopic (exact) mass is 523 g/mol. The average molecular weight is 524 g/mol. The molecule has 9 nitrogen and oxygen atoms in total. The smallest absolute Gasteiger partial charge is 0.449 e. The molecule has 1 amide bonds. The van der Waals surface area contributed by atoms with Crippen LogP contribution < -0.4 is 10.5 Å². The van der Waals surface area contributed by atoms with Gasteiger partial charge in [-0.2, -0.15) is 0 Å². The van der Waals surface area contributed by atoms with E-state index in [-0.39, 0.29) is 6.54 Å². The van der Waals surface area contributed by atoms with E-state index in [1.165, 1.54) is 0 Å². The number of hydrogen-bond donors (Lipinski definition) is 2. The van der Waals surface area contributed by atoms with Crippen LogP contribution in [0, 0.1) is 6.92 Å². The van der Waals surface area contributed by atoms with Crippen molar-refractivity contribution in [1.82, 2.24) is 19.1 Å². The summed E-state index contributed by atoms with van der Waals surface area (Å²) in [7, 11) is 0. The number of carboxylic acid groups (broad SMARTS) is 1. The lowest BCUT2D eigenvalue weighted by Crippen LogP contribution is -2.17. The second kappa shape index (κ2) is 10.8. The fourth-order valence-corrected chi connectivity index (χ4v) is 4.82. The van der Waals surface area contributed by atoms with E-state index in [9.17, 15) is 9.59 Å². The molecular weight excluding hydrogens is 494 g/mol. The van der Waals surface area contributed by atoms with E-state index in [0.29, 0.717) is 17.9 Å². The molecule has 3 aromatic carbocycles. The van der Waals surface area contributed by atoms with Crippen LogP contribution in [-0.4, -0.2) is 36.3 Å². The summed E-state index contributed by atoms with van der Waals surface area (Å²) < 4.78 is 8.88. The Bertz CT molecular complexity index is 1670. The molecule has 0 radical (unpaired) electrons. The Morgan fingerprint density at radius 2 is 1.82 bits per heavy atom. The molecule has 2 aromatic heterocycles. The molecule has 0 spiro atoms. The van der Waals surface area contributed by atoms with Gasteiger partial charge in [-0.1, -0.05) is 49.4 Å². The number of fused-ring (bicyclic) bond motifs is 1. The van der Waals surface area contributed by atoms with E-state index < -0.39 is 12.1 Å². The first-order valence-electron chi connectivity index (χ1n) is 12.7. The number of carbonyl (C=O) groups is 2. The number of aryl methyl sites for hydroxylation is 2. The third-order valence-electron chi connectivity index (χ3n) is 6.55. The topological polar surface area (TPSA) is 125 Å². The summed E-state index contributed by atoms with van der Waals surface area (Å²) >= 11 is 0. The third-order valence-corrected chi connectivity index (χ3v) is 6.55. The van der Waals surface area contributed by atoms with Crippen molar-refractivity contribution in [3.63, 3.8) is 0 Å². The van der Waals surface area contributed by atoms with E-state index in [2.05, 4.69) is 28.6 Å². The highest BCUT2D eigenvalue weighted by Crippen LogP contribution is 2.31. The summed E-state index contributed by atoms with van der Waals surface area (Å²) in [4.78, 5) is 31.9. The zero-order chi connectivity index (χ0) is 27.5. The van der Waals surface area contributed by atoms with Gasteiger partial charge in [0, 0.05) is 30.3 Å². The van der Waals surface area contributed by atoms with Crippen LogP contribution in [0.2, 0.25) is 0 Å². The standard InChI is InChI=1S/C30H29N5O4/c1-3-6-28-33-29-19(2)13-22(24-16-34(18-32-24)17-27(31)36)14-25(29)35(28)15-20-9-11-21(12-10-20)23-7-4-5-8-26(23)39-30(37)38/h4-5,7-14,16,18H,3,6,15,17H2,1-2H3,(H2,31,36)(H,37,38). The van der Waals surface area contributed by atoms with Crippen molar-refractivity contribution < 1.29 is 19.4 Å². The van der Waals surface area contributed by atoms with Crippen molar-refractivity contribution in [3.05, 3.63) is 90.1 Å². The quantitative estimate of drug-likeness (QED) is 0.196. The summed E-state index contributed by atoms with van der Waals surface area (Å²) in [5, 5.41) is 9.08. The van der Waals surface area contributed by atoms with Gasteiger partial charge < -0.3 is 24.7 Å². The van der Waals surface area contributed by atoms with Crippen molar-refractivity contribution in [2.24, 2.45) is 5.73 Å². The number of benzene rings is 3. The van der Waals surface area contributed by atoms with Crippen LogP contribution in [0.4, 0.5) is 4.79 Å². The van der Waals surface area contributed by atoms with Crippen LogP contribution in [-0.2, 0) is 24.3 Å². The van der Waals surface area contributed by atoms with Gasteiger partial charge in [0.2, 0.25) is 5.91 Å². The fraction of sp³-hybridized carbons (Fsp3) is 0.200. The van der Waals surface area contributed by atoms with Crippen LogP contribution in [0.25, 0.3) is 33.4 Å². The SMILES string of the molecule is CCCc1nc2c(C)cc(-c3cn(CC(N)=O)cn3)cc2n1Cc1ccc(-c2ccccc2OC(=O)O)cc1. The first-order valence-corrected chi connectivity index (χ1v) is 12.7. The lowest BCUT2D eigenvalue weighted by atomic mass is 10.0. The van der Waals surface area contributed by atoms with Gasteiger partial charge in [-0.15, -0.1) is 0 Å². The maximum absolute atomic E-state index is 11.3. The zero-order valence-electron chi connectivity index (χ0n) is 21.8. The molecule has 0 fully saturated rings. The van der Waals surface area contributed by atoms with Gasteiger partial charge in [-0.05, 0) is 48.2 Å². The van der Waals surface area contributed by atoms with Crippen molar-refractivity contribution >= 4 is 23.1 Å². The van der Waals surface area contributed by atoms with Crippen LogP contribution >= 0.6 is 0 Å². The van der Waals surface area contributed by atoms with E-state index in [1.54, 1.807) is 23.0 Å². The van der Waals surface area contributed by atoms with Gasteiger partial charge >= 0.3 is 6.16 Å². The number of primary amides is 1. The Morgan fingerprint density at radius 3 is 2.54 bits per heavy atom.